The Morgan fingerprint density at radius 2 is 1.66 bits per heavy atom. The van der Waals surface area contributed by atoms with Crippen molar-refractivity contribution in [3.8, 4) is 5.75 Å². The number of nitrogens with one attached hydrogen (secondary N) is 1. The van der Waals surface area contributed by atoms with E-state index in [1.807, 2.05) is 0 Å². The first-order valence-corrected chi connectivity index (χ1v) is 18.6. The largest absolute Gasteiger partial charge is 0.489 e. The molecular weight excluding hydrogens is 652 g/mol. The highest BCUT2D eigenvalue weighted by atomic mass is 28.3. The van der Waals surface area contributed by atoms with Crippen LogP contribution in [0.5, 0.6) is 5.75 Å². The molecule has 0 spiro atoms. The van der Waals surface area contributed by atoms with Gasteiger partial charge in [0.2, 0.25) is 5.95 Å². The van der Waals surface area contributed by atoms with Crippen molar-refractivity contribution in [2.24, 2.45) is 0 Å². The highest BCUT2D eigenvalue weighted by molar-refractivity contribution is 6.76. The summed E-state index contributed by atoms with van der Waals surface area (Å²) in [4.78, 5) is 34.7. The van der Waals surface area contributed by atoms with Gasteiger partial charge < -0.3 is 24.3 Å². The van der Waals surface area contributed by atoms with Crippen LogP contribution in [0.1, 0.15) is 30.9 Å². The summed E-state index contributed by atoms with van der Waals surface area (Å²) in [6, 6.07) is 2.80. The van der Waals surface area contributed by atoms with E-state index in [1.165, 1.54) is 22.9 Å². The number of pyridine rings is 1. The molecule has 1 aliphatic heterocycles. The fraction of sp³-hybridized carbons (Fsp3) is 0.552. The van der Waals surface area contributed by atoms with Crippen molar-refractivity contribution < 1.29 is 35.8 Å². The lowest BCUT2D eigenvalue weighted by Gasteiger charge is -2.32. The van der Waals surface area contributed by atoms with E-state index in [-0.39, 0.29) is 18.6 Å². The van der Waals surface area contributed by atoms with Crippen molar-refractivity contribution in [1.82, 2.24) is 24.3 Å². The molecule has 0 amide bonds. The number of ether oxygens (including phenoxy) is 2. The Balaban J connectivity index is 1.37. The predicted molar refractivity (Wildman–Crippen MR) is 164 cm³/mol. The molecule has 1 N–H and O–H groups in total. The third kappa shape index (κ3) is 10.0. The minimum Gasteiger partial charge on any atom is -0.489 e. The van der Waals surface area contributed by atoms with Gasteiger partial charge in [0.15, 0.2) is 0 Å². The second-order valence-electron chi connectivity index (χ2n) is 12.6. The van der Waals surface area contributed by atoms with E-state index in [9.17, 15) is 35.9 Å². The Kier molecular flexibility index (Phi) is 11.0. The van der Waals surface area contributed by atoms with Crippen molar-refractivity contribution in [3.05, 3.63) is 68.8 Å². The zero-order valence-corrected chi connectivity index (χ0v) is 27.4. The minimum absolute atomic E-state index is 0.0556. The molecule has 1 fully saturated rings. The van der Waals surface area contributed by atoms with Gasteiger partial charge >= 0.3 is 12.4 Å². The molecule has 258 valence electrons. The van der Waals surface area contributed by atoms with Gasteiger partial charge in [-0.1, -0.05) is 19.6 Å². The third-order valence-corrected chi connectivity index (χ3v) is 9.06. The topological polar surface area (TPSA) is 116 Å². The maximum absolute atomic E-state index is 14.0. The minimum atomic E-state index is -4.97. The van der Waals surface area contributed by atoms with Gasteiger partial charge in [0.05, 0.1) is 17.4 Å². The van der Waals surface area contributed by atoms with Crippen molar-refractivity contribution in [1.29, 1.82) is 0 Å². The Morgan fingerprint density at radius 1 is 1.00 bits per heavy atom. The Hall–Kier alpha value is -3.93. The molecule has 0 aromatic carbocycles. The van der Waals surface area contributed by atoms with Crippen LogP contribution in [0.2, 0.25) is 25.7 Å². The standard InChI is InChI=1S/C29H37F6N7O4Si/c1-19(39-23-15-38-42(18-45-11-12-47(2,3)4)26(44)25(23)29(33,34)35)16-41-17-22(5-6-24(41)43)46-21-7-9-40(10-8-21)27-36-13-20(14-37-27)28(30,31)32/h5-6,13-15,17,19,21,39H,7-12,16,18H2,1-4H3/t19-/m0/s1. The van der Waals surface area contributed by atoms with E-state index in [2.05, 4.69) is 40.0 Å². The van der Waals surface area contributed by atoms with Crippen molar-refractivity contribution in [2.75, 3.05) is 29.9 Å². The van der Waals surface area contributed by atoms with Crippen LogP contribution in [0, 0.1) is 0 Å². The number of anilines is 2. The summed E-state index contributed by atoms with van der Waals surface area (Å²) >= 11 is 0. The third-order valence-electron chi connectivity index (χ3n) is 7.36. The number of alkyl halides is 6. The van der Waals surface area contributed by atoms with E-state index in [0.717, 1.165) is 24.6 Å². The van der Waals surface area contributed by atoms with Crippen LogP contribution in [-0.4, -0.2) is 64.2 Å². The summed E-state index contributed by atoms with van der Waals surface area (Å²) < 4.78 is 93.8. The molecule has 1 aliphatic rings. The van der Waals surface area contributed by atoms with E-state index >= 15 is 0 Å². The number of hydrogen-bond acceptors (Lipinski definition) is 9. The van der Waals surface area contributed by atoms with Gasteiger partial charge in [-0.25, -0.2) is 14.6 Å². The number of halogens is 6. The molecule has 3 aromatic rings. The van der Waals surface area contributed by atoms with Gasteiger partial charge in [-0.15, -0.1) is 0 Å². The quantitative estimate of drug-likeness (QED) is 0.158. The smallest absolute Gasteiger partial charge is 0.423 e. The lowest BCUT2D eigenvalue weighted by Crippen LogP contribution is -2.39. The molecule has 11 nitrogen and oxygen atoms in total. The van der Waals surface area contributed by atoms with Crippen LogP contribution in [0.15, 0.2) is 46.5 Å². The number of hydrogen-bond donors (Lipinski definition) is 1. The highest BCUT2D eigenvalue weighted by Gasteiger charge is 2.38. The lowest BCUT2D eigenvalue weighted by molar-refractivity contribution is -0.139. The molecule has 0 aliphatic carbocycles. The van der Waals surface area contributed by atoms with Gasteiger partial charge in [-0.3, -0.25) is 9.59 Å². The second kappa shape index (κ2) is 14.5. The molecule has 47 heavy (non-hydrogen) atoms. The van der Waals surface area contributed by atoms with E-state index in [1.54, 1.807) is 11.8 Å². The fourth-order valence-electron chi connectivity index (χ4n) is 4.82. The SMILES string of the molecule is C[C@@H](Cn1cc(OC2CCN(c3ncc(C(F)(F)F)cn3)CC2)ccc1=O)Nc1cnn(COCC[Si](C)(C)C)c(=O)c1C(F)(F)F. The number of nitrogens with zero attached hydrogens (tertiary/aromatic N) is 6. The Labute approximate surface area is 267 Å². The summed E-state index contributed by atoms with van der Waals surface area (Å²) in [6.45, 7) is 8.62. The molecule has 0 saturated carbocycles. The Bertz CT molecular complexity index is 1620. The van der Waals surface area contributed by atoms with Crippen molar-refractivity contribution >= 4 is 19.7 Å². The number of piperidine rings is 1. The first-order chi connectivity index (χ1) is 21.9. The van der Waals surface area contributed by atoms with Gasteiger partial charge in [-0.2, -0.15) is 31.4 Å². The summed E-state index contributed by atoms with van der Waals surface area (Å²) in [6.07, 6.45) is -4.91. The van der Waals surface area contributed by atoms with Crippen LogP contribution in [0.4, 0.5) is 38.0 Å². The zero-order valence-electron chi connectivity index (χ0n) is 26.4. The molecule has 0 unspecified atom stereocenters. The molecule has 0 bridgehead atoms. The first-order valence-electron chi connectivity index (χ1n) is 14.9. The predicted octanol–water partition coefficient (Wildman–Crippen LogP) is 5.09. The molecule has 1 saturated heterocycles. The highest BCUT2D eigenvalue weighted by Crippen LogP contribution is 2.32. The van der Waals surface area contributed by atoms with Crippen LogP contribution in [0.3, 0.4) is 0 Å². The van der Waals surface area contributed by atoms with Crippen LogP contribution in [-0.2, 0) is 30.4 Å². The second-order valence-corrected chi connectivity index (χ2v) is 18.2. The maximum Gasteiger partial charge on any atom is 0.423 e. The maximum atomic E-state index is 14.0. The van der Waals surface area contributed by atoms with Crippen LogP contribution in [0.25, 0.3) is 0 Å². The molecule has 0 radical (unpaired) electrons. The van der Waals surface area contributed by atoms with Gasteiger partial charge in [0.25, 0.3) is 11.1 Å². The molecule has 4 rings (SSSR count). The average Bonchev–Trinajstić information content (AvgIpc) is 2.97. The number of aromatic nitrogens is 5. The molecule has 18 heteroatoms. The van der Waals surface area contributed by atoms with Crippen molar-refractivity contribution in [3.63, 3.8) is 0 Å². The van der Waals surface area contributed by atoms with Crippen molar-refractivity contribution in [2.45, 2.75) is 83.2 Å². The van der Waals surface area contributed by atoms with Gasteiger partial charge in [-0.05, 0) is 19.0 Å². The summed E-state index contributed by atoms with van der Waals surface area (Å²) in [5, 5.41) is 6.53. The zero-order chi connectivity index (χ0) is 34.6. The monoisotopic (exact) mass is 689 g/mol. The van der Waals surface area contributed by atoms with E-state index < -0.39 is 61.1 Å². The Morgan fingerprint density at radius 3 is 2.26 bits per heavy atom. The van der Waals surface area contributed by atoms with Gasteiger partial charge in [0.1, 0.15) is 24.1 Å². The van der Waals surface area contributed by atoms with Crippen LogP contribution >= 0.6 is 0 Å². The van der Waals surface area contributed by atoms with E-state index in [4.69, 9.17) is 9.47 Å². The molecule has 3 aromatic heterocycles. The summed E-state index contributed by atoms with van der Waals surface area (Å²) in [5.74, 6) is 0.536. The summed E-state index contributed by atoms with van der Waals surface area (Å²) in [5.41, 5.74) is -4.62. The lowest BCUT2D eigenvalue weighted by atomic mass is 10.1. The summed E-state index contributed by atoms with van der Waals surface area (Å²) in [7, 11) is -1.44. The normalized spacial score (nSPS) is 15.5. The first kappa shape index (κ1) is 35.9. The molecule has 4 heterocycles. The fourth-order valence-corrected chi connectivity index (χ4v) is 5.58. The van der Waals surface area contributed by atoms with Gasteiger partial charge in [0, 0.05) is 77.9 Å². The average molecular weight is 690 g/mol. The molecular formula is C29H37F6N7O4Si. The van der Waals surface area contributed by atoms with Crippen LogP contribution < -0.4 is 26.1 Å². The number of rotatable bonds is 12. The molecule has 1 atom stereocenters. The van der Waals surface area contributed by atoms with E-state index in [0.29, 0.717) is 43.0 Å².